The molecule has 2 atom stereocenters. The Balaban J connectivity index is 1.93. The van der Waals surface area contributed by atoms with Gasteiger partial charge in [0.1, 0.15) is 6.04 Å². The van der Waals surface area contributed by atoms with Crippen LogP contribution in [0, 0.1) is 0 Å². The maximum Gasteiger partial charge on any atom is 0.323 e. The second-order valence-electron chi connectivity index (χ2n) is 3.98. The zero-order valence-corrected chi connectivity index (χ0v) is 10.2. The Labute approximate surface area is 101 Å². The molecule has 6 nitrogen and oxygen atoms in total. The first-order valence-corrected chi connectivity index (χ1v) is 5.89. The van der Waals surface area contributed by atoms with Gasteiger partial charge in [-0.2, -0.15) is 0 Å². The van der Waals surface area contributed by atoms with E-state index in [1.165, 1.54) is 0 Å². The highest BCUT2D eigenvalue weighted by Gasteiger charge is 2.28. The van der Waals surface area contributed by atoms with Crippen LogP contribution in [0.25, 0.3) is 0 Å². The first kappa shape index (κ1) is 14.4. The molecule has 1 aliphatic rings. The number of hydrogen-bond donors (Lipinski definition) is 2. The van der Waals surface area contributed by atoms with Crippen LogP contribution < -0.4 is 5.32 Å². The summed E-state index contributed by atoms with van der Waals surface area (Å²) < 4.78 is 15.1. The Hall–Kier alpha value is -0.690. The van der Waals surface area contributed by atoms with Crippen molar-refractivity contribution in [3.63, 3.8) is 0 Å². The minimum absolute atomic E-state index is 0.293. The van der Waals surface area contributed by atoms with Gasteiger partial charge >= 0.3 is 5.97 Å². The van der Waals surface area contributed by atoms with Gasteiger partial charge in [-0.05, 0) is 0 Å². The van der Waals surface area contributed by atoms with Gasteiger partial charge in [0, 0.05) is 33.1 Å². The molecule has 100 valence electrons. The summed E-state index contributed by atoms with van der Waals surface area (Å²) in [6, 6.07) is -0.362. The van der Waals surface area contributed by atoms with Crippen LogP contribution in [0.3, 0.4) is 0 Å². The molecule has 1 aliphatic heterocycles. The van der Waals surface area contributed by atoms with Gasteiger partial charge in [-0.15, -0.1) is 0 Å². The molecule has 17 heavy (non-hydrogen) atoms. The fraction of sp³-hybridized carbons (Fsp3) is 0.909. The quantitative estimate of drug-likeness (QED) is 0.436. The second-order valence-corrected chi connectivity index (χ2v) is 3.98. The van der Waals surface area contributed by atoms with Crippen LogP contribution in [-0.2, 0) is 19.0 Å². The van der Waals surface area contributed by atoms with Crippen molar-refractivity contribution in [1.29, 1.82) is 0 Å². The lowest BCUT2D eigenvalue weighted by Gasteiger charge is -2.10. The second kappa shape index (κ2) is 8.41. The van der Waals surface area contributed by atoms with Gasteiger partial charge in [0.25, 0.3) is 0 Å². The van der Waals surface area contributed by atoms with Crippen LogP contribution in [-0.4, -0.2) is 63.3 Å². The lowest BCUT2D eigenvalue weighted by molar-refractivity contribution is -0.146. The third-order valence-corrected chi connectivity index (χ3v) is 2.50. The number of carbonyl (C=O) groups excluding carboxylic acids is 1. The molecule has 1 saturated heterocycles. The Morgan fingerprint density at radius 2 is 2.18 bits per heavy atom. The third-order valence-electron chi connectivity index (χ3n) is 2.50. The highest BCUT2D eigenvalue weighted by molar-refractivity contribution is 5.76. The minimum Gasteiger partial charge on any atom is -0.464 e. The van der Waals surface area contributed by atoms with Crippen LogP contribution >= 0.6 is 0 Å². The van der Waals surface area contributed by atoms with Crippen LogP contribution in [0.15, 0.2) is 0 Å². The predicted molar refractivity (Wildman–Crippen MR) is 60.7 cm³/mol. The van der Waals surface area contributed by atoms with E-state index in [2.05, 4.69) is 5.32 Å². The number of hydrogen-bond acceptors (Lipinski definition) is 6. The number of methoxy groups -OCH3 is 1. The molecular formula is C11H21NO5. The fourth-order valence-corrected chi connectivity index (χ4v) is 1.58. The van der Waals surface area contributed by atoms with E-state index in [-0.39, 0.29) is 12.0 Å². The average molecular weight is 247 g/mol. The van der Waals surface area contributed by atoms with Crippen LogP contribution in [0.1, 0.15) is 12.8 Å². The Kier molecular flexibility index (Phi) is 7.11. The molecule has 6 heteroatoms. The molecule has 2 N–H and O–H groups in total. The lowest BCUT2D eigenvalue weighted by atomic mass is 10.2. The normalized spacial score (nSPS) is 23.9. The summed E-state index contributed by atoms with van der Waals surface area (Å²) in [7, 11) is 1.62. The zero-order valence-electron chi connectivity index (χ0n) is 10.2. The molecule has 0 aromatic rings. The zero-order chi connectivity index (χ0) is 12.5. The largest absolute Gasteiger partial charge is 0.464 e. The van der Waals surface area contributed by atoms with Crippen molar-refractivity contribution in [2.45, 2.75) is 25.0 Å². The van der Waals surface area contributed by atoms with E-state index in [4.69, 9.17) is 14.2 Å². The molecular weight excluding hydrogens is 226 g/mol. The summed E-state index contributed by atoms with van der Waals surface area (Å²) in [5.74, 6) is -0.293. The van der Waals surface area contributed by atoms with E-state index in [0.717, 1.165) is 0 Å². The number of esters is 1. The first-order chi connectivity index (χ1) is 8.24. The molecule has 1 fully saturated rings. The summed E-state index contributed by atoms with van der Waals surface area (Å²) in [4.78, 5) is 11.5. The highest BCUT2D eigenvalue weighted by atomic mass is 16.5. The molecule has 0 amide bonds. The topological polar surface area (TPSA) is 77.0 Å². The molecule has 0 aromatic carbocycles. The van der Waals surface area contributed by atoms with E-state index in [0.29, 0.717) is 45.8 Å². The summed E-state index contributed by atoms with van der Waals surface area (Å²) in [5.41, 5.74) is 0. The van der Waals surface area contributed by atoms with Crippen LogP contribution in [0.5, 0.6) is 0 Å². The third kappa shape index (κ3) is 5.97. The predicted octanol–water partition coefficient (Wildman–Crippen LogP) is -0.694. The van der Waals surface area contributed by atoms with Crippen molar-refractivity contribution in [3.05, 3.63) is 0 Å². The molecule has 0 radical (unpaired) electrons. The van der Waals surface area contributed by atoms with Gasteiger partial charge < -0.3 is 24.6 Å². The van der Waals surface area contributed by atoms with Crippen LogP contribution in [0.4, 0.5) is 0 Å². The number of nitrogens with one attached hydrogen (secondary N) is 1. The van der Waals surface area contributed by atoms with E-state index in [1.807, 2.05) is 0 Å². The molecule has 1 heterocycles. The SMILES string of the molecule is COCCOCCCOC(=O)[C@H]1C[C@@H](O)CN1. The standard InChI is InChI=1S/C11H21NO5/c1-15-5-6-16-3-2-4-17-11(14)10-7-9(13)8-12-10/h9-10,12-13H,2-8H2,1H3/t9-,10-/m1/s1. The van der Waals surface area contributed by atoms with Gasteiger partial charge in [0.05, 0.1) is 25.9 Å². The fourth-order valence-electron chi connectivity index (χ4n) is 1.58. The highest BCUT2D eigenvalue weighted by Crippen LogP contribution is 2.07. The summed E-state index contributed by atoms with van der Waals surface area (Å²) in [6.45, 7) is 2.49. The van der Waals surface area contributed by atoms with Crippen molar-refractivity contribution < 1.29 is 24.1 Å². The number of aliphatic hydroxyl groups is 1. The van der Waals surface area contributed by atoms with Crippen molar-refractivity contribution >= 4 is 5.97 Å². The van der Waals surface area contributed by atoms with E-state index < -0.39 is 6.10 Å². The smallest absolute Gasteiger partial charge is 0.323 e. The van der Waals surface area contributed by atoms with Crippen molar-refractivity contribution in [2.75, 3.05) is 40.1 Å². The number of ether oxygens (including phenoxy) is 3. The molecule has 0 bridgehead atoms. The lowest BCUT2D eigenvalue weighted by Crippen LogP contribution is -2.32. The Bertz CT molecular complexity index is 224. The first-order valence-electron chi connectivity index (χ1n) is 5.89. The van der Waals surface area contributed by atoms with Gasteiger partial charge in [-0.3, -0.25) is 4.79 Å². The number of rotatable bonds is 8. The Morgan fingerprint density at radius 1 is 1.35 bits per heavy atom. The number of aliphatic hydroxyl groups excluding tert-OH is 1. The summed E-state index contributed by atoms with van der Waals surface area (Å²) in [5, 5.41) is 12.1. The van der Waals surface area contributed by atoms with Crippen molar-refractivity contribution in [1.82, 2.24) is 5.32 Å². The molecule has 0 unspecified atom stereocenters. The number of carbonyl (C=O) groups is 1. The Morgan fingerprint density at radius 3 is 2.82 bits per heavy atom. The molecule has 0 saturated carbocycles. The molecule has 1 rings (SSSR count). The van der Waals surface area contributed by atoms with Gasteiger partial charge in [-0.25, -0.2) is 0 Å². The minimum atomic E-state index is -0.440. The number of β-amino-alcohol motifs (C(OH)–C–C–N with tert-alkyl or cyclic N) is 1. The van der Waals surface area contributed by atoms with Gasteiger partial charge in [-0.1, -0.05) is 0 Å². The van der Waals surface area contributed by atoms with E-state index in [1.54, 1.807) is 7.11 Å². The molecule has 0 aromatic heterocycles. The van der Waals surface area contributed by atoms with Gasteiger partial charge in [0.2, 0.25) is 0 Å². The monoisotopic (exact) mass is 247 g/mol. The van der Waals surface area contributed by atoms with E-state index >= 15 is 0 Å². The maximum absolute atomic E-state index is 11.5. The molecule has 0 aliphatic carbocycles. The average Bonchev–Trinajstić information content (AvgIpc) is 2.74. The summed E-state index contributed by atoms with van der Waals surface area (Å²) in [6.07, 6.45) is 0.665. The van der Waals surface area contributed by atoms with Crippen LogP contribution in [0.2, 0.25) is 0 Å². The van der Waals surface area contributed by atoms with Crippen molar-refractivity contribution in [3.8, 4) is 0 Å². The molecule has 0 spiro atoms. The maximum atomic E-state index is 11.5. The summed E-state index contributed by atoms with van der Waals surface area (Å²) >= 11 is 0. The van der Waals surface area contributed by atoms with Gasteiger partial charge in [0.15, 0.2) is 0 Å². The van der Waals surface area contributed by atoms with Crippen molar-refractivity contribution in [2.24, 2.45) is 0 Å². The van der Waals surface area contributed by atoms with E-state index in [9.17, 15) is 9.90 Å².